The SMILES string of the molecule is CCNC(=O)CCN1CCCC1C1CCCC1=O. The fourth-order valence-corrected chi connectivity index (χ4v) is 3.37. The van der Waals surface area contributed by atoms with Crippen molar-refractivity contribution < 1.29 is 9.59 Å². The van der Waals surface area contributed by atoms with Crippen molar-refractivity contribution in [2.45, 2.75) is 51.5 Å². The third kappa shape index (κ3) is 3.10. The quantitative estimate of drug-likeness (QED) is 0.803. The van der Waals surface area contributed by atoms with Crippen molar-refractivity contribution in [3.8, 4) is 0 Å². The van der Waals surface area contributed by atoms with Crippen LogP contribution in [-0.2, 0) is 9.59 Å². The highest BCUT2D eigenvalue weighted by Crippen LogP contribution is 2.33. The zero-order valence-electron chi connectivity index (χ0n) is 11.3. The van der Waals surface area contributed by atoms with Crippen LogP contribution in [0.4, 0.5) is 0 Å². The second-order valence-corrected chi connectivity index (χ2v) is 5.41. The number of carbonyl (C=O) groups excluding carboxylic acids is 2. The zero-order chi connectivity index (χ0) is 13.0. The molecule has 0 aromatic carbocycles. The van der Waals surface area contributed by atoms with Crippen LogP contribution in [0, 0.1) is 5.92 Å². The number of ketones is 1. The van der Waals surface area contributed by atoms with Crippen molar-refractivity contribution in [1.29, 1.82) is 0 Å². The second kappa shape index (κ2) is 6.32. The third-order valence-electron chi connectivity index (χ3n) is 4.23. The van der Waals surface area contributed by atoms with E-state index in [2.05, 4.69) is 10.2 Å². The summed E-state index contributed by atoms with van der Waals surface area (Å²) in [5.41, 5.74) is 0. The summed E-state index contributed by atoms with van der Waals surface area (Å²) in [5, 5.41) is 2.83. The van der Waals surface area contributed by atoms with Gasteiger partial charge in [0.05, 0.1) is 0 Å². The smallest absolute Gasteiger partial charge is 0.221 e. The van der Waals surface area contributed by atoms with Crippen molar-refractivity contribution in [2.24, 2.45) is 5.92 Å². The molecule has 2 unspecified atom stereocenters. The van der Waals surface area contributed by atoms with Crippen LogP contribution in [-0.4, -0.2) is 42.3 Å². The van der Waals surface area contributed by atoms with Gasteiger partial charge in [-0.25, -0.2) is 0 Å². The highest BCUT2D eigenvalue weighted by atomic mass is 16.1. The molecule has 0 spiro atoms. The van der Waals surface area contributed by atoms with Crippen LogP contribution in [0.3, 0.4) is 0 Å². The Hall–Kier alpha value is -0.900. The number of amides is 1. The molecule has 2 fully saturated rings. The van der Waals surface area contributed by atoms with Gasteiger partial charge < -0.3 is 5.32 Å². The summed E-state index contributed by atoms with van der Waals surface area (Å²) < 4.78 is 0. The topological polar surface area (TPSA) is 49.4 Å². The number of likely N-dealkylation sites (tertiary alicyclic amines) is 1. The summed E-state index contributed by atoms with van der Waals surface area (Å²) in [6.45, 7) is 4.49. The van der Waals surface area contributed by atoms with Crippen molar-refractivity contribution in [1.82, 2.24) is 10.2 Å². The number of carbonyl (C=O) groups is 2. The normalized spacial score (nSPS) is 28.8. The maximum absolute atomic E-state index is 11.8. The molecule has 102 valence electrons. The van der Waals surface area contributed by atoms with E-state index >= 15 is 0 Å². The zero-order valence-corrected chi connectivity index (χ0v) is 11.3. The van der Waals surface area contributed by atoms with Crippen molar-refractivity contribution in [2.75, 3.05) is 19.6 Å². The molecular formula is C14H24N2O2. The van der Waals surface area contributed by atoms with E-state index < -0.39 is 0 Å². The molecule has 2 aliphatic rings. The molecule has 1 aliphatic carbocycles. The molecule has 18 heavy (non-hydrogen) atoms. The highest BCUT2D eigenvalue weighted by Gasteiger charge is 2.37. The molecular weight excluding hydrogens is 228 g/mol. The largest absolute Gasteiger partial charge is 0.356 e. The lowest BCUT2D eigenvalue weighted by Gasteiger charge is -2.28. The molecule has 4 nitrogen and oxygen atoms in total. The Balaban J connectivity index is 1.83. The van der Waals surface area contributed by atoms with Gasteiger partial charge in [-0.15, -0.1) is 0 Å². The number of hydrogen-bond donors (Lipinski definition) is 1. The maximum atomic E-state index is 11.8. The van der Waals surface area contributed by atoms with E-state index in [1.165, 1.54) is 6.42 Å². The first kappa shape index (κ1) is 13.5. The van der Waals surface area contributed by atoms with Gasteiger partial charge in [-0.1, -0.05) is 0 Å². The molecule has 2 atom stereocenters. The van der Waals surface area contributed by atoms with E-state index in [1.807, 2.05) is 6.92 Å². The van der Waals surface area contributed by atoms with Crippen LogP contribution in [0.5, 0.6) is 0 Å². The standard InChI is InChI=1S/C14H24N2O2/c1-2-15-14(18)8-10-16-9-4-6-12(16)11-5-3-7-13(11)17/h11-12H,2-10H2,1H3,(H,15,18). The molecule has 0 aromatic rings. The Kier molecular flexibility index (Phi) is 4.75. The lowest BCUT2D eigenvalue weighted by Crippen LogP contribution is -2.39. The van der Waals surface area contributed by atoms with Gasteiger partial charge in [-0.05, 0) is 39.2 Å². The molecule has 1 N–H and O–H groups in total. The van der Waals surface area contributed by atoms with Crippen LogP contribution >= 0.6 is 0 Å². The first-order chi connectivity index (χ1) is 8.72. The number of Topliss-reactive ketones (excluding diaryl/α,β-unsaturated/α-hetero) is 1. The fraction of sp³-hybridized carbons (Fsp3) is 0.857. The molecule has 2 rings (SSSR count). The van der Waals surface area contributed by atoms with Gasteiger partial charge in [0.15, 0.2) is 0 Å². The third-order valence-corrected chi connectivity index (χ3v) is 4.23. The van der Waals surface area contributed by atoms with E-state index in [-0.39, 0.29) is 11.8 Å². The maximum Gasteiger partial charge on any atom is 0.221 e. The molecule has 0 aromatic heterocycles. The Morgan fingerprint density at radius 2 is 2.22 bits per heavy atom. The highest BCUT2D eigenvalue weighted by molar-refractivity contribution is 5.83. The van der Waals surface area contributed by atoms with Gasteiger partial charge in [0, 0.05) is 37.9 Å². The Morgan fingerprint density at radius 1 is 1.39 bits per heavy atom. The van der Waals surface area contributed by atoms with Crippen molar-refractivity contribution in [3.05, 3.63) is 0 Å². The lowest BCUT2D eigenvalue weighted by molar-refractivity contribution is -0.122. The van der Waals surface area contributed by atoms with E-state index in [0.29, 0.717) is 24.8 Å². The minimum Gasteiger partial charge on any atom is -0.356 e. The Morgan fingerprint density at radius 3 is 2.89 bits per heavy atom. The van der Waals surface area contributed by atoms with Gasteiger partial charge in [-0.2, -0.15) is 0 Å². The summed E-state index contributed by atoms with van der Waals surface area (Å²) in [5.74, 6) is 0.826. The van der Waals surface area contributed by atoms with Gasteiger partial charge in [0.2, 0.25) is 5.91 Å². The summed E-state index contributed by atoms with van der Waals surface area (Å²) in [6, 6.07) is 0.412. The summed E-state index contributed by atoms with van der Waals surface area (Å²) >= 11 is 0. The lowest BCUT2D eigenvalue weighted by atomic mass is 9.95. The fourth-order valence-electron chi connectivity index (χ4n) is 3.37. The molecule has 0 radical (unpaired) electrons. The average molecular weight is 252 g/mol. The number of hydrogen-bond acceptors (Lipinski definition) is 3. The number of rotatable bonds is 5. The average Bonchev–Trinajstić information content (AvgIpc) is 2.95. The van der Waals surface area contributed by atoms with E-state index in [4.69, 9.17) is 0 Å². The molecule has 1 aliphatic heterocycles. The molecule has 4 heteroatoms. The van der Waals surface area contributed by atoms with E-state index in [0.717, 1.165) is 38.8 Å². The van der Waals surface area contributed by atoms with Gasteiger partial charge >= 0.3 is 0 Å². The predicted octanol–water partition coefficient (Wildman–Crippen LogP) is 1.35. The number of nitrogens with one attached hydrogen (secondary N) is 1. The number of nitrogens with zero attached hydrogens (tertiary/aromatic N) is 1. The molecule has 1 saturated heterocycles. The minimum atomic E-state index is 0.126. The first-order valence-electron chi connectivity index (χ1n) is 7.26. The summed E-state index contributed by atoms with van der Waals surface area (Å²) in [7, 11) is 0. The van der Waals surface area contributed by atoms with Crippen molar-refractivity contribution >= 4 is 11.7 Å². The van der Waals surface area contributed by atoms with Crippen LogP contribution in [0.25, 0.3) is 0 Å². The van der Waals surface area contributed by atoms with Gasteiger partial charge in [0.25, 0.3) is 0 Å². The van der Waals surface area contributed by atoms with Crippen LogP contribution in [0.2, 0.25) is 0 Å². The molecule has 0 bridgehead atoms. The first-order valence-corrected chi connectivity index (χ1v) is 7.26. The minimum absolute atomic E-state index is 0.126. The van der Waals surface area contributed by atoms with E-state index in [9.17, 15) is 9.59 Å². The Bertz CT molecular complexity index is 317. The molecule has 1 amide bonds. The second-order valence-electron chi connectivity index (χ2n) is 5.41. The van der Waals surface area contributed by atoms with Crippen LogP contribution < -0.4 is 5.32 Å². The summed E-state index contributed by atoms with van der Waals surface area (Å²) in [6.07, 6.45) is 5.75. The Labute approximate surface area is 109 Å². The van der Waals surface area contributed by atoms with Crippen LogP contribution in [0.15, 0.2) is 0 Å². The summed E-state index contributed by atoms with van der Waals surface area (Å²) in [4.78, 5) is 25.7. The van der Waals surface area contributed by atoms with Crippen LogP contribution in [0.1, 0.15) is 45.4 Å². The molecule has 1 saturated carbocycles. The predicted molar refractivity (Wildman–Crippen MR) is 70.2 cm³/mol. The monoisotopic (exact) mass is 252 g/mol. The van der Waals surface area contributed by atoms with Gasteiger partial charge in [0.1, 0.15) is 5.78 Å². The van der Waals surface area contributed by atoms with Gasteiger partial charge in [-0.3, -0.25) is 14.5 Å². The molecule has 1 heterocycles. The van der Waals surface area contributed by atoms with E-state index in [1.54, 1.807) is 0 Å². The van der Waals surface area contributed by atoms with Crippen molar-refractivity contribution in [3.63, 3.8) is 0 Å².